The zero-order valence-electron chi connectivity index (χ0n) is 12.3. The number of hydrogen-bond acceptors (Lipinski definition) is 3. The molecule has 1 fully saturated rings. The molecule has 0 aromatic carbocycles. The molecule has 17 heavy (non-hydrogen) atoms. The summed E-state index contributed by atoms with van der Waals surface area (Å²) in [6, 6.07) is 0. The van der Waals surface area contributed by atoms with Crippen LogP contribution >= 0.6 is 0 Å². The van der Waals surface area contributed by atoms with Crippen molar-refractivity contribution in [3.05, 3.63) is 0 Å². The minimum atomic E-state index is 0.442. The van der Waals surface area contributed by atoms with Gasteiger partial charge in [0.2, 0.25) is 0 Å². The molecule has 1 rings (SSSR count). The first-order valence-electron chi connectivity index (χ1n) is 7.23. The molecule has 3 nitrogen and oxygen atoms in total. The zero-order valence-corrected chi connectivity index (χ0v) is 12.3. The van der Waals surface area contributed by atoms with Crippen LogP contribution in [-0.2, 0) is 0 Å². The summed E-state index contributed by atoms with van der Waals surface area (Å²) >= 11 is 0. The number of likely N-dealkylation sites (N-methyl/N-ethyl adjacent to an activating group) is 1. The Morgan fingerprint density at radius 2 is 1.65 bits per heavy atom. The monoisotopic (exact) mass is 241 g/mol. The summed E-state index contributed by atoms with van der Waals surface area (Å²) in [6.45, 7) is 15.6. The first kappa shape index (κ1) is 14.9. The van der Waals surface area contributed by atoms with Gasteiger partial charge in [0.1, 0.15) is 0 Å². The van der Waals surface area contributed by atoms with Crippen LogP contribution in [0.2, 0.25) is 0 Å². The largest absolute Gasteiger partial charge is 0.319 e. The van der Waals surface area contributed by atoms with Gasteiger partial charge in [0.05, 0.1) is 0 Å². The summed E-state index contributed by atoms with van der Waals surface area (Å²) in [4.78, 5) is 5.20. The van der Waals surface area contributed by atoms with E-state index < -0.39 is 0 Å². The molecule has 0 spiro atoms. The lowest BCUT2D eigenvalue weighted by Crippen LogP contribution is -2.50. The number of rotatable bonds is 7. The molecule has 1 atom stereocenters. The van der Waals surface area contributed by atoms with Crippen LogP contribution < -0.4 is 5.32 Å². The van der Waals surface area contributed by atoms with E-state index in [1.807, 2.05) is 0 Å². The fourth-order valence-electron chi connectivity index (χ4n) is 3.06. The Kier molecular flexibility index (Phi) is 6.45. The van der Waals surface area contributed by atoms with Crippen molar-refractivity contribution in [2.24, 2.45) is 5.41 Å². The molecule has 1 saturated heterocycles. The van der Waals surface area contributed by atoms with Gasteiger partial charge in [0.25, 0.3) is 0 Å². The number of piperazine rings is 1. The van der Waals surface area contributed by atoms with Gasteiger partial charge >= 0.3 is 0 Å². The standard InChI is InChI=1S/C14H31N3/c1-5-7-14(3,12-15-4)13-17-10-8-16(6-2)9-11-17/h15H,5-13H2,1-4H3. The van der Waals surface area contributed by atoms with Crippen LogP contribution in [0.1, 0.15) is 33.6 Å². The molecule has 0 saturated carbocycles. The van der Waals surface area contributed by atoms with Crippen molar-refractivity contribution in [2.75, 3.05) is 52.9 Å². The summed E-state index contributed by atoms with van der Waals surface area (Å²) in [5, 5.41) is 3.37. The fraction of sp³-hybridized carbons (Fsp3) is 1.00. The van der Waals surface area contributed by atoms with Crippen molar-refractivity contribution in [1.29, 1.82) is 0 Å². The molecule has 1 N–H and O–H groups in total. The van der Waals surface area contributed by atoms with Gasteiger partial charge in [-0.3, -0.25) is 0 Å². The molecule has 1 aliphatic rings. The normalized spacial score (nSPS) is 22.6. The molecule has 0 radical (unpaired) electrons. The quantitative estimate of drug-likeness (QED) is 0.731. The highest BCUT2D eigenvalue weighted by Gasteiger charge is 2.27. The predicted molar refractivity (Wildman–Crippen MR) is 75.5 cm³/mol. The Morgan fingerprint density at radius 3 is 2.12 bits per heavy atom. The van der Waals surface area contributed by atoms with Crippen molar-refractivity contribution >= 4 is 0 Å². The summed E-state index contributed by atoms with van der Waals surface area (Å²) in [5.41, 5.74) is 0.442. The van der Waals surface area contributed by atoms with Crippen LogP contribution in [0, 0.1) is 5.41 Å². The maximum atomic E-state index is 3.37. The fourth-order valence-corrected chi connectivity index (χ4v) is 3.06. The Bertz CT molecular complexity index is 192. The van der Waals surface area contributed by atoms with Gasteiger partial charge in [-0.05, 0) is 25.4 Å². The molecule has 102 valence electrons. The van der Waals surface area contributed by atoms with Gasteiger partial charge in [0.15, 0.2) is 0 Å². The maximum Gasteiger partial charge on any atom is 0.0110 e. The number of hydrogen-bond donors (Lipinski definition) is 1. The SMILES string of the molecule is CCCC(C)(CNC)CN1CCN(CC)CC1. The average Bonchev–Trinajstić information content (AvgIpc) is 2.30. The predicted octanol–water partition coefficient (Wildman–Crippen LogP) is 1.65. The molecule has 0 aromatic heterocycles. The zero-order chi connectivity index (χ0) is 12.7. The van der Waals surface area contributed by atoms with E-state index in [4.69, 9.17) is 0 Å². The van der Waals surface area contributed by atoms with Crippen LogP contribution in [0.5, 0.6) is 0 Å². The van der Waals surface area contributed by atoms with Gasteiger partial charge in [0, 0.05) is 39.3 Å². The lowest BCUT2D eigenvalue weighted by molar-refractivity contribution is 0.0892. The second-order valence-corrected chi connectivity index (χ2v) is 5.80. The summed E-state index contributed by atoms with van der Waals surface area (Å²) in [6.07, 6.45) is 2.61. The van der Waals surface area contributed by atoms with E-state index in [-0.39, 0.29) is 0 Å². The van der Waals surface area contributed by atoms with Crippen LogP contribution in [0.15, 0.2) is 0 Å². The number of nitrogens with zero attached hydrogens (tertiary/aromatic N) is 2. The van der Waals surface area contributed by atoms with Crippen LogP contribution in [-0.4, -0.2) is 62.7 Å². The minimum Gasteiger partial charge on any atom is -0.319 e. The second-order valence-electron chi connectivity index (χ2n) is 5.80. The first-order chi connectivity index (χ1) is 8.13. The second kappa shape index (κ2) is 7.34. The Morgan fingerprint density at radius 1 is 1.06 bits per heavy atom. The molecular weight excluding hydrogens is 210 g/mol. The third-order valence-electron chi connectivity index (χ3n) is 3.97. The van der Waals surface area contributed by atoms with E-state index in [1.54, 1.807) is 0 Å². The highest BCUT2D eigenvalue weighted by atomic mass is 15.3. The van der Waals surface area contributed by atoms with Crippen molar-refractivity contribution in [1.82, 2.24) is 15.1 Å². The van der Waals surface area contributed by atoms with Crippen molar-refractivity contribution in [3.63, 3.8) is 0 Å². The molecule has 1 aliphatic heterocycles. The van der Waals surface area contributed by atoms with Gasteiger partial charge in [-0.25, -0.2) is 0 Å². The van der Waals surface area contributed by atoms with Crippen LogP contribution in [0.4, 0.5) is 0 Å². The third-order valence-corrected chi connectivity index (χ3v) is 3.97. The third kappa shape index (κ3) is 4.94. The Labute approximate surface area is 108 Å². The molecular formula is C14H31N3. The van der Waals surface area contributed by atoms with Crippen molar-refractivity contribution in [2.45, 2.75) is 33.6 Å². The molecule has 0 amide bonds. The van der Waals surface area contributed by atoms with E-state index in [2.05, 4.69) is 42.9 Å². The summed E-state index contributed by atoms with van der Waals surface area (Å²) in [5.74, 6) is 0. The van der Waals surface area contributed by atoms with E-state index in [0.717, 1.165) is 6.54 Å². The van der Waals surface area contributed by atoms with Crippen molar-refractivity contribution < 1.29 is 0 Å². The van der Waals surface area contributed by atoms with Crippen LogP contribution in [0.25, 0.3) is 0 Å². The smallest absolute Gasteiger partial charge is 0.0110 e. The molecule has 0 aromatic rings. The average molecular weight is 241 g/mol. The molecule has 1 heterocycles. The van der Waals surface area contributed by atoms with Gasteiger partial charge < -0.3 is 15.1 Å². The first-order valence-corrected chi connectivity index (χ1v) is 7.23. The summed E-state index contributed by atoms with van der Waals surface area (Å²) in [7, 11) is 2.07. The van der Waals surface area contributed by atoms with E-state index in [9.17, 15) is 0 Å². The molecule has 3 heteroatoms. The lowest BCUT2D eigenvalue weighted by Gasteiger charge is -2.40. The minimum absolute atomic E-state index is 0.442. The van der Waals surface area contributed by atoms with E-state index in [0.29, 0.717) is 5.41 Å². The topological polar surface area (TPSA) is 18.5 Å². The summed E-state index contributed by atoms with van der Waals surface area (Å²) < 4.78 is 0. The van der Waals surface area contributed by atoms with E-state index in [1.165, 1.54) is 52.1 Å². The van der Waals surface area contributed by atoms with Gasteiger partial charge in [-0.1, -0.05) is 27.2 Å². The molecule has 0 bridgehead atoms. The van der Waals surface area contributed by atoms with Crippen LogP contribution in [0.3, 0.4) is 0 Å². The van der Waals surface area contributed by atoms with Gasteiger partial charge in [-0.2, -0.15) is 0 Å². The Hall–Kier alpha value is -0.120. The maximum absolute atomic E-state index is 3.37. The molecule has 0 aliphatic carbocycles. The van der Waals surface area contributed by atoms with Crippen molar-refractivity contribution in [3.8, 4) is 0 Å². The highest BCUT2D eigenvalue weighted by molar-refractivity contribution is 4.82. The van der Waals surface area contributed by atoms with E-state index >= 15 is 0 Å². The highest BCUT2D eigenvalue weighted by Crippen LogP contribution is 2.24. The Balaban J connectivity index is 2.40. The lowest BCUT2D eigenvalue weighted by atomic mass is 9.84. The van der Waals surface area contributed by atoms with Gasteiger partial charge in [-0.15, -0.1) is 0 Å². The molecule has 1 unspecified atom stereocenters. The number of nitrogens with one attached hydrogen (secondary N) is 1.